The number of piperidine rings is 2. The topological polar surface area (TPSA) is 68.2 Å². The minimum Gasteiger partial charge on any atom is -0.492 e. The number of fused-ring (bicyclic) bond motifs is 1. The molecule has 7 aliphatic rings. The van der Waals surface area contributed by atoms with Gasteiger partial charge in [0.2, 0.25) is 5.76 Å². The van der Waals surface area contributed by atoms with Crippen molar-refractivity contribution in [1.82, 2.24) is 4.90 Å². The van der Waals surface area contributed by atoms with Crippen LogP contribution in [0.2, 0.25) is 0 Å². The van der Waals surface area contributed by atoms with Crippen molar-refractivity contribution in [3.63, 3.8) is 0 Å². The minimum atomic E-state index is -0.372. The van der Waals surface area contributed by atoms with Gasteiger partial charge in [0.15, 0.2) is 11.5 Å². The molecule has 6 heterocycles. The fourth-order valence-corrected chi connectivity index (χ4v) is 7.70. The first kappa shape index (κ1) is 20.5. The number of aliphatic hydroxyl groups is 1. The zero-order valence-corrected chi connectivity index (χ0v) is 19.3. The molecular weight excluding hydrogens is 406 g/mol. The molecule has 7 rings (SSSR count). The molecule has 0 radical (unpaired) electrons. The average Bonchev–Trinajstić information content (AvgIpc) is 3.16. The lowest BCUT2D eigenvalue weighted by molar-refractivity contribution is -0.141. The van der Waals surface area contributed by atoms with E-state index in [0.29, 0.717) is 34.8 Å². The van der Waals surface area contributed by atoms with E-state index in [1.165, 1.54) is 12.8 Å². The SMILES string of the molecule is CCC(O)C1C2CCC3C4C=CC(CC2)(C2C(=C4)OC(=C4OC(=O)C(C)=C4OC)C2C)N31. The van der Waals surface area contributed by atoms with Crippen molar-refractivity contribution in [3.05, 3.63) is 46.8 Å². The van der Waals surface area contributed by atoms with E-state index >= 15 is 0 Å². The molecule has 32 heavy (non-hydrogen) atoms. The number of nitrogens with zero attached hydrogens (tertiary/aromatic N) is 1. The van der Waals surface area contributed by atoms with Crippen LogP contribution in [0.1, 0.15) is 52.9 Å². The van der Waals surface area contributed by atoms with E-state index in [-0.39, 0.29) is 41.4 Å². The van der Waals surface area contributed by atoms with Gasteiger partial charge in [-0.05, 0) is 51.0 Å². The van der Waals surface area contributed by atoms with E-state index in [1.807, 2.05) is 0 Å². The summed E-state index contributed by atoms with van der Waals surface area (Å²) >= 11 is 0. The summed E-state index contributed by atoms with van der Waals surface area (Å²) in [7, 11) is 1.57. The van der Waals surface area contributed by atoms with Crippen LogP contribution < -0.4 is 0 Å². The number of cyclic esters (lactones) is 1. The standard InChI is InChI=1S/C26H33NO5/c1-5-18(28)21-15-6-7-17-16-9-11-26(10-8-15,27(17)21)20-13(2)23(31-19(20)12-16)24-22(30-4)14(3)25(29)32-24/h9,11-13,15-18,20-21,28H,5-8,10H2,1-4H3. The summed E-state index contributed by atoms with van der Waals surface area (Å²) in [6, 6.07) is 0.603. The van der Waals surface area contributed by atoms with Crippen molar-refractivity contribution in [2.75, 3.05) is 7.11 Å². The Morgan fingerprint density at radius 1 is 1.31 bits per heavy atom. The van der Waals surface area contributed by atoms with E-state index in [4.69, 9.17) is 14.2 Å². The Bertz CT molecular complexity index is 992. The van der Waals surface area contributed by atoms with Gasteiger partial charge >= 0.3 is 5.97 Å². The summed E-state index contributed by atoms with van der Waals surface area (Å²) in [5.41, 5.74) is 0.298. The number of aliphatic hydroxyl groups excluding tert-OH is 1. The van der Waals surface area contributed by atoms with Crippen LogP contribution in [0.3, 0.4) is 0 Å². The molecule has 0 aromatic rings. The largest absolute Gasteiger partial charge is 0.492 e. The molecule has 172 valence electrons. The number of rotatable bonds is 3. The van der Waals surface area contributed by atoms with E-state index in [2.05, 4.69) is 37.0 Å². The number of carbonyl (C=O) groups excluding carboxylic acids is 1. The lowest BCUT2D eigenvalue weighted by atomic mass is 9.61. The van der Waals surface area contributed by atoms with Gasteiger partial charge in [0, 0.05) is 29.8 Å². The van der Waals surface area contributed by atoms with Gasteiger partial charge in [-0.15, -0.1) is 0 Å². The molecule has 3 fully saturated rings. The van der Waals surface area contributed by atoms with E-state index in [0.717, 1.165) is 25.0 Å². The first-order valence-corrected chi connectivity index (χ1v) is 12.2. The molecule has 6 nitrogen and oxygen atoms in total. The quantitative estimate of drug-likeness (QED) is 0.533. The van der Waals surface area contributed by atoms with Gasteiger partial charge in [0.05, 0.1) is 24.3 Å². The van der Waals surface area contributed by atoms with Crippen molar-refractivity contribution in [1.29, 1.82) is 0 Å². The minimum absolute atomic E-state index is 0.0279. The van der Waals surface area contributed by atoms with Crippen LogP contribution in [0, 0.1) is 23.7 Å². The van der Waals surface area contributed by atoms with Gasteiger partial charge in [-0.2, -0.15) is 0 Å². The smallest absolute Gasteiger partial charge is 0.343 e. The van der Waals surface area contributed by atoms with Crippen molar-refractivity contribution < 1.29 is 24.1 Å². The first-order chi connectivity index (χ1) is 15.4. The molecule has 4 bridgehead atoms. The normalized spacial score (nSPS) is 47.0. The second kappa shape index (κ2) is 6.97. The highest BCUT2D eigenvalue weighted by molar-refractivity contribution is 5.93. The maximum atomic E-state index is 12.3. The zero-order valence-electron chi connectivity index (χ0n) is 19.3. The highest BCUT2D eigenvalue weighted by Gasteiger charge is 2.64. The third-order valence-corrected chi connectivity index (χ3v) is 9.07. The Morgan fingerprint density at radius 2 is 2.12 bits per heavy atom. The molecule has 3 saturated heterocycles. The van der Waals surface area contributed by atoms with Crippen LogP contribution in [0.5, 0.6) is 0 Å². The van der Waals surface area contributed by atoms with Crippen molar-refractivity contribution in [2.24, 2.45) is 23.7 Å². The second-order valence-electron chi connectivity index (χ2n) is 10.4. The Morgan fingerprint density at radius 3 is 2.88 bits per heavy atom. The molecular formula is C26H33NO5. The molecule has 0 aromatic heterocycles. The third kappa shape index (κ3) is 2.45. The Balaban J connectivity index is 1.49. The summed E-state index contributed by atoms with van der Waals surface area (Å²) in [5, 5.41) is 11.1. The van der Waals surface area contributed by atoms with Crippen molar-refractivity contribution in [2.45, 2.75) is 76.6 Å². The van der Waals surface area contributed by atoms with Gasteiger partial charge in [0.25, 0.3) is 0 Å². The number of hydrogen-bond donors (Lipinski definition) is 1. The highest BCUT2D eigenvalue weighted by atomic mass is 16.6. The lowest BCUT2D eigenvalue weighted by Gasteiger charge is -2.63. The van der Waals surface area contributed by atoms with Crippen LogP contribution in [0.15, 0.2) is 46.8 Å². The average molecular weight is 440 g/mol. The fraction of sp³-hybridized carbons (Fsp3) is 0.654. The Kier molecular flexibility index (Phi) is 4.48. The molecule has 9 atom stereocenters. The maximum Gasteiger partial charge on any atom is 0.343 e. The van der Waals surface area contributed by atoms with Crippen molar-refractivity contribution in [3.8, 4) is 0 Å². The van der Waals surface area contributed by atoms with Gasteiger partial charge < -0.3 is 19.3 Å². The number of carbonyl (C=O) groups is 1. The predicted octanol–water partition coefficient (Wildman–Crippen LogP) is 3.79. The second-order valence-corrected chi connectivity index (χ2v) is 10.4. The number of esters is 1. The molecule has 0 aromatic carbocycles. The molecule has 1 aliphatic carbocycles. The monoisotopic (exact) mass is 439 g/mol. The molecule has 1 N–H and O–H groups in total. The first-order valence-electron chi connectivity index (χ1n) is 12.2. The number of ether oxygens (including phenoxy) is 3. The number of methoxy groups -OCH3 is 1. The van der Waals surface area contributed by atoms with Gasteiger partial charge in [-0.3, -0.25) is 4.90 Å². The van der Waals surface area contributed by atoms with Crippen LogP contribution >= 0.6 is 0 Å². The van der Waals surface area contributed by atoms with E-state index in [9.17, 15) is 9.90 Å². The maximum absolute atomic E-state index is 12.3. The fourth-order valence-electron chi connectivity index (χ4n) is 7.70. The summed E-state index contributed by atoms with van der Waals surface area (Å²) < 4.78 is 17.7. The summed E-state index contributed by atoms with van der Waals surface area (Å²) in [6.45, 7) is 6.00. The summed E-state index contributed by atoms with van der Waals surface area (Å²) in [5.74, 6) is 3.21. The molecule has 1 spiro atoms. The van der Waals surface area contributed by atoms with Gasteiger partial charge in [-0.1, -0.05) is 26.0 Å². The summed E-state index contributed by atoms with van der Waals surface area (Å²) in [6.07, 6.45) is 12.1. The van der Waals surface area contributed by atoms with Crippen LogP contribution in [0.4, 0.5) is 0 Å². The summed E-state index contributed by atoms with van der Waals surface area (Å²) in [4.78, 5) is 15.0. The number of allylic oxidation sites excluding steroid dienone is 1. The highest BCUT2D eigenvalue weighted by Crippen LogP contribution is 2.61. The van der Waals surface area contributed by atoms with E-state index in [1.54, 1.807) is 14.0 Å². The van der Waals surface area contributed by atoms with Crippen molar-refractivity contribution >= 4 is 5.97 Å². The predicted molar refractivity (Wildman–Crippen MR) is 118 cm³/mol. The molecule has 9 unspecified atom stereocenters. The van der Waals surface area contributed by atoms with Gasteiger partial charge in [0.1, 0.15) is 5.76 Å². The zero-order chi connectivity index (χ0) is 22.4. The third-order valence-electron chi connectivity index (χ3n) is 9.07. The molecule has 6 aliphatic heterocycles. The molecule has 6 heteroatoms. The molecule has 0 saturated carbocycles. The Labute approximate surface area is 189 Å². The van der Waals surface area contributed by atoms with E-state index < -0.39 is 0 Å². The lowest BCUT2D eigenvalue weighted by Crippen LogP contribution is -2.71. The van der Waals surface area contributed by atoms with Gasteiger partial charge in [-0.25, -0.2) is 4.79 Å². The number of hydrogen-bond acceptors (Lipinski definition) is 6. The van der Waals surface area contributed by atoms with Crippen LogP contribution in [0.25, 0.3) is 0 Å². The van der Waals surface area contributed by atoms with Crippen LogP contribution in [-0.4, -0.2) is 46.8 Å². The Hall–Kier alpha value is -2.05. The molecule has 0 amide bonds. The van der Waals surface area contributed by atoms with Crippen LogP contribution in [-0.2, 0) is 19.0 Å².